The van der Waals surface area contributed by atoms with E-state index < -0.39 is 5.41 Å². The third-order valence-corrected chi connectivity index (χ3v) is 12.8. The smallest absolute Gasteiger partial charge is 0.0727 e. The molecule has 0 radical (unpaired) electrons. The van der Waals surface area contributed by atoms with Crippen molar-refractivity contribution in [2.45, 2.75) is 5.41 Å². The van der Waals surface area contributed by atoms with E-state index >= 15 is 0 Å². The van der Waals surface area contributed by atoms with Crippen LogP contribution in [-0.2, 0) is 5.41 Å². The van der Waals surface area contributed by atoms with E-state index in [0.717, 1.165) is 34.1 Å². The van der Waals surface area contributed by atoms with Crippen molar-refractivity contribution in [3.05, 3.63) is 265 Å². The zero-order chi connectivity index (χ0) is 40.3. The molecule has 10 aromatic carbocycles. The van der Waals surface area contributed by atoms with Gasteiger partial charge in [-0.25, -0.2) is 0 Å². The van der Waals surface area contributed by atoms with Crippen molar-refractivity contribution in [1.29, 1.82) is 0 Å². The molecule has 0 fully saturated rings. The fraction of sp³-hybridized carbons (Fsp3) is 0.0169. The van der Waals surface area contributed by atoms with Gasteiger partial charge in [0, 0.05) is 34.1 Å². The molecule has 1 atom stereocenters. The lowest BCUT2D eigenvalue weighted by Gasteiger charge is -2.33. The standard InChI is InChI=1S/C59H40N2/c1-4-16-41(17-5-1)43-28-31-47(32-29-43)61(48-33-30-42-18-10-11-19-44(42)38-48)50-35-37-54-52-25-13-15-27-56(52)59(58(54)40-50)55-26-14-12-24-51(55)53-36-34-49(39-57(53)59)60(45-20-6-2-7-21-45)46-22-8-3-9-23-46/h1-40H. The molecule has 12 rings (SSSR count). The summed E-state index contributed by atoms with van der Waals surface area (Å²) in [6.45, 7) is 0. The highest BCUT2D eigenvalue weighted by molar-refractivity contribution is 5.98. The van der Waals surface area contributed by atoms with E-state index in [0.29, 0.717) is 0 Å². The van der Waals surface area contributed by atoms with Crippen LogP contribution in [-0.4, -0.2) is 0 Å². The Morgan fingerprint density at radius 1 is 0.230 bits per heavy atom. The van der Waals surface area contributed by atoms with Crippen molar-refractivity contribution < 1.29 is 0 Å². The van der Waals surface area contributed by atoms with Crippen LogP contribution >= 0.6 is 0 Å². The third-order valence-electron chi connectivity index (χ3n) is 12.8. The summed E-state index contributed by atoms with van der Waals surface area (Å²) < 4.78 is 0. The van der Waals surface area contributed by atoms with Gasteiger partial charge in [0.2, 0.25) is 0 Å². The van der Waals surface area contributed by atoms with Crippen molar-refractivity contribution in [3.8, 4) is 33.4 Å². The van der Waals surface area contributed by atoms with Crippen LogP contribution in [0.15, 0.2) is 243 Å². The van der Waals surface area contributed by atoms with Gasteiger partial charge in [0.1, 0.15) is 0 Å². The Morgan fingerprint density at radius 3 is 1.18 bits per heavy atom. The second-order valence-corrected chi connectivity index (χ2v) is 16.1. The van der Waals surface area contributed by atoms with Crippen LogP contribution in [0, 0.1) is 0 Å². The Labute approximate surface area is 356 Å². The minimum atomic E-state index is -0.546. The summed E-state index contributed by atoms with van der Waals surface area (Å²) in [5.41, 5.74) is 18.9. The molecular formula is C59H40N2. The lowest BCUT2D eigenvalue weighted by Crippen LogP contribution is -2.26. The number of para-hydroxylation sites is 2. The Balaban J connectivity index is 1.10. The van der Waals surface area contributed by atoms with Crippen molar-refractivity contribution in [2.24, 2.45) is 0 Å². The minimum absolute atomic E-state index is 0.546. The van der Waals surface area contributed by atoms with E-state index in [9.17, 15) is 0 Å². The van der Waals surface area contributed by atoms with Gasteiger partial charge in [-0.3, -0.25) is 0 Å². The van der Waals surface area contributed by atoms with Gasteiger partial charge in [0.15, 0.2) is 0 Å². The van der Waals surface area contributed by atoms with Crippen LogP contribution in [0.3, 0.4) is 0 Å². The molecule has 0 aromatic heterocycles. The number of nitrogens with zero attached hydrogens (tertiary/aromatic N) is 2. The molecule has 2 aliphatic carbocycles. The largest absolute Gasteiger partial charge is 0.310 e. The number of fused-ring (bicyclic) bond motifs is 11. The monoisotopic (exact) mass is 776 g/mol. The molecule has 0 aliphatic heterocycles. The summed E-state index contributed by atoms with van der Waals surface area (Å²) in [7, 11) is 0. The number of hydrogen-bond acceptors (Lipinski definition) is 2. The van der Waals surface area contributed by atoms with Gasteiger partial charge >= 0.3 is 0 Å². The van der Waals surface area contributed by atoms with E-state index in [1.807, 2.05) is 0 Å². The quantitative estimate of drug-likeness (QED) is 0.159. The predicted molar refractivity (Wildman–Crippen MR) is 255 cm³/mol. The van der Waals surface area contributed by atoms with Gasteiger partial charge < -0.3 is 9.80 Å². The first-order valence-electron chi connectivity index (χ1n) is 21.1. The van der Waals surface area contributed by atoms with Gasteiger partial charge in [-0.15, -0.1) is 0 Å². The van der Waals surface area contributed by atoms with Crippen LogP contribution in [0.4, 0.5) is 34.1 Å². The lowest BCUT2D eigenvalue weighted by molar-refractivity contribution is 0.793. The Kier molecular flexibility index (Phi) is 8.11. The first-order valence-corrected chi connectivity index (χ1v) is 21.1. The maximum Gasteiger partial charge on any atom is 0.0727 e. The van der Waals surface area contributed by atoms with E-state index in [2.05, 4.69) is 252 Å². The topological polar surface area (TPSA) is 6.48 Å². The van der Waals surface area contributed by atoms with Crippen molar-refractivity contribution in [1.82, 2.24) is 0 Å². The first-order chi connectivity index (χ1) is 30.3. The fourth-order valence-corrected chi connectivity index (χ4v) is 10.2. The van der Waals surface area contributed by atoms with Crippen LogP contribution in [0.5, 0.6) is 0 Å². The Morgan fingerprint density at radius 2 is 0.607 bits per heavy atom. The summed E-state index contributed by atoms with van der Waals surface area (Å²) in [4.78, 5) is 4.82. The highest BCUT2D eigenvalue weighted by Gasteiger charge is 2.52. The maximum absolute atomic E-state index is 2.49. The van der Waals surface area contributed by atoms with Gasteiger partial charge in [0.25, 0.3) is 0 Å². The van der Waals surface area contributed by atoms with E-state index in [4.69, 9.17) is 0 Å². The van der Waals surface area contributed by atoms with Crippen molar-refractivity contribution >= 4 is 44.9 Å². The number of anilines is 6. The predicted octanol–water partition coefficient (Wildman–Crippen LogP) is 15.8. The molecule has 0 bridgehead atoms. The molecule has 0 saturated carbocycles. The first kappa shape index (κ1) is 35.0. The Hall–Kier alpha value is -7.94. The molecule has 0 heterocycles. The van der Waals surface area contributed by atoms with Crippen LogP contribution in [0.2, 0.25) is 0 Å². The van der Waals surface area contributed by atoms with Crippen LogP contribution in [0.25, 0.3) is 44.2 Å². The molecule has 2 nitrogen and oxygen atoms in total. The molecule has 10 aromatic rings. The van der Waals surface area contributed by atoms with Crippen LogP contribution < -0.4 is 9.80 Å². The summed E-state index contributed by atoms with van der Waals surface area (Å²) in [5, 5.41) is 2.44. The number of benzene rings is 10. The molecule has 286 valence electrons. The van der Waals surface area contributed by atoms with Gasteiger partial charge in [0.05, 0.1) is 5.41 Å². The normalized spacial score (nSPS) is 14.3. The van der Waals surface area contributed by atoms with Gasteiger partial charge in [-0.1, -0.05) is 170 Å². The number of hydrogen-bond donors (Lipinski definition) is 0. The summed E-state index contributed by atoms with van der Waals surface area (Å²) in [6, 6.07) is 89.1. The van der Waals surface area contributed by atoms with Crippen molar-refractivity contribution in [3.63, 3.8) is 0 Å². The second-order valence-electron chi connectivity index (χ2n) is 16.1. The third kappa shape index (κ3) is 5.50. The molecule has 1 spiro atoms. The fourth-order valence-electron chi connectivity index (χ4n) is 10.2. The van der Waals surface area contributed by atoms with E-state index in [1.54, 1.807) is 0 Å². The average Bonchev–Trinajstić information content (AvgIpc) is 3.80. The molecule has 0 amide bonds. The molecular weight excluding hydrogens is 737 g/mol. The highest BCUT2D eigenvalue weighted by atomic mass is 15.1. The minimum Gasteiger partial charge on any atom is -0.310 e. The molecule has 2 aliphatic rings. The summed E-state index contributed by atoms with van der Waals surface area (Å²) >= 11 is 0. The zero-order valence-electron chi connectivity index (χ0n) is 33.5. The Bertz CT molecular complexity index is 3190. The molecule has 0 N–H and O–H groups in total. The SMILES string of the molecule is c1ccc(-c2ccc(N(c3ccc4c(c3)C3(c5ccccc5-c5ccc(N(c6ccccc6)c6ccccc6)cc53)c3ccccc3-4)c3ccc4ccccc4c3)cc2)cc1. The van der Waals surface area contributed by atoms with Gasteiger partial charge in [-0.2, -0.15) is 0 Å². The van der Waals surface area contributed by atoms with E-state index in [-0.39, 0.29) is 0 Å². The summed E-state index contributed by atoms with van der Waals surface area (Å²) in [5.74, 6) is 0. The summed E-state index contributed by atoms with van der Waals surface area (Å²) in [6.07, 6.45) is 0. The second kappa shape index (κ2) is 14.1. The molecule has 0 saturated heterocycles. The highest BCUT2D eigenvalue weighted by Crippen LogP contribution is 2.64. The maximum atomic E-state index is 2.49. The van der Waals surface area contributed by atoms with Crippen molar-refractivity contribution in [2.75, 3.05) is 9.80 Å². The zero-order valence-corrected chi connectivity index (χ0v) is 33.5. The number of rotatable bonds is 7. The molecule has 2 heteroatoms. The molecule has 61 heavy (non-hydrogen) atoms. The average molecular weight is 777 g/mol. The van der Waals surface area contributed by atoms with Crippen LogP contribution in [0.1, 0.15) is 22.3 Å². The lowest BCUT2D eigenvalue weighted by atomic mass is 9.70. The van der Waals surface area contributed by atoms with E-state index in [1.165, 1.54) is 66.4 Å². The molecule has 1 unspecified atom stereocenters. The van der Waals surface area contributed by atoms with Gasteiger partial charge in [-0.05, 0) is 139 Å².